The Hall–Kier alpha value is -3.88. The van der Waals surface area contributed by atoms with E-state index in [1.165, 1.54) is 24.5 Å². The fourth-order valence-corrected chi connectivity index (χ4v) is 5.92. The summed E-state index contributed by atoms with van der Waals surface area (Å²) in [5.74, 6) is 0. The van der Waals surface area contributed by atoms with Gasteiger partial charge in [-0.05, 0) is 73.5 Å². The van der Waals surface area contributed by atoms with Crippen molar-refractivity contribution in [1.29, 1.82) is 0 Å². The molecule has 0 amide bonds. The van der Waals surface area contributed by atoms with E-state index in [9.17, 15) is 4.39 Å². The zero-order chi connectivity index (χ0) is 24.1. The molecule has 1 saturated heterocycles. The highest BCUT2D eigenvalue weighted by molar-refractivity contribution is 7.14. The van der Waals surface area contributed by atoms with Crippen molar-refractivity contribution >= 4 is 33.1 Å². The summed E-state index contributed by atoms with van der Waals surface area (Å²) in [7, 11) is 0. The number of aromatic amines is 2. The Morgan fingerprint density at radius 2 is 1.75 bits per heavy atom. The number of thiophene rings is 1. The molecular weight excluding hydrogens is 471 g/mol. The van der Waals surface area contributed by atoms with Gasteiger partial charge in [0.2, 0.25) is 0 Å². The Morgan fingerprint density at radius 3 is 2.61 bits per heavy atom. The Labute approximate surface area is 210 Å². The van der Waals surface area contributed by atoms with Crippen LogP contribution in [0.25, 0.3) is 54.8 Å². The molecule has 0 bridgehead atoms. The lowest BCUT2D eigenvalue weighted by molar-refractivity contribution is 0.331. The lowest BCUT2D eigenvalue weighted by Gasteiger charge is -2.14. The van der Waals surface area contributed by atoms with Crippen molar-refractivity contribution in [3.05, 3.63) is 77.9 Å². The van der Waals surface area contributed by atoms with Gasteiger partial charge < -0.3 is 4.98 Å². The van der Waals surface area contributed by atoms with Gasteiger partial charge in [0.1, 0.15) is 5.69 Å². The topological polar surface area (TPSA) is 73.5 Å². The minimum atomic E-state index is -0.206. The first-order valence-electron chi connectivity index (χ1n) is 12.1. The molecule has 5 aromatic heterocycles. The highest BCUT2D eigenvalue weighted by Gasteiger charge is 2.16. The first-order chi connectivity index (χ1) is 17.7. The third kappa shape index (κ3) is 3.79. The van der Waals surface area contributed by atoms with Crippen molar-refractivity contribution in [1.82, 2.24) is 30.0 Å². The number of H-pyrrole nitrogens is 2. The molecule has 0 aliphatic carbocycles. The molecule has 0 spiro atoms. The monoisotopic (exact) mass is 494 g/mol. The minimum absolute atomic E-state index is 0.206. The third-order valence-electron chi connectivity index (χ3n) is 6.94. The highest BCUT2D eigenvalue weighted by Crippen LogP contribution is 2.36. The lowest BCUT2D eigenvalue weighted by Crippen LogP contribution is -2.18. The van der Waals surface area contributed by atoms with E-state index in [0.717, 1.165) is 85.7 Å². The van der Waals surface area contributed by atoms with E-state index in [0.29, 0.717) is 0 Å². The van der Waals surface area contributed by atoms with E-state index in [1.807, 2.05) is 12.4 Å². The molecule has 6 nitrogen and oxygen atoms in total. The zero-order valence-corrected chi connectivity index (χ0v) is 20.3. The maximum Gasteiger partial charge on any atom is 0.176 e. The number of likely N-dealkylation sites (tertiary alicyclic amines) is 1. The van der Waals surface area contributed by atoms with Crippen molar-refractivity contribution in [3.8, 4) is 33.0 Å². The molecule has 7 rings (SSSR count). The maximum absolute atomic E-state index is 13.7. The van der Waals surface area contributed by atoms with Crippen molar-refractivity contribution in [2.24, 2.45) is 0 Å². The van der Waals surface area contributed by atoms with E-state index in [1.54, 1.807) is 18.5 Å². The van der Waals surface area contributed by atoms with Gasteiger partial charge in [0.25, 0.3) is 0 Å². The number of halogens is 1. The van der Waals surface area contributed by atoms with Gasteiger partial charge in [0.05, 0.1) is 22.9 Å². The Kier molecular flexibility index (Phi) is 5.15. The molecule has 0 radical (unpaired) electrons. The van der Waals surface area contributed by atoms with Crippen LogP contribution in [0.4, 0.5) is 4.39 Å². The van der Waals surface area contributed by atoms with Gasteiger partial charge >= 0.3 is 0 Å². The quantitative estimate of drug-likeness (QED) is 0.282. The van der Waals surface area contributed by atoms with E-state index < -0.39 is 0 Å². The lowest BCUT2D eigenvalue weighted by atomic mass is 10.0. The zero-order valence-electron chi connectivity index (χ0n) is 19.5. The van der Waals surface area contributed by atoms with Gasteiger partial charge in [-0.2, -0.15) is 9.49 Å². The molecule has 178 valence electrons. The summed E-state index contributed by atoms with van der Waals surface area (Å²) in [5.41, 5.74) is 7.94. The largest absolute Gasteiger partial charge is 0.352 e. The molecule has 0 atom stereocenters. The number of nitrogens with one attached hydrogen (secondary N) is 2. The Balaban J connectivity index is 1.28. The van der Waals surface area contributed by atoms with Crippen molar-refractivity contribution in [2.75, 3.05) is 13.1 Å². The number of nitrogens with zero attached hydrogens (tertiary/aromatic N) is 4. The fourth-order valence-electron chi connectivity index (χ4n) is 5.16. The number of aromatic nitrogens is 5. The molecule has 6 aromatic rings. The highest BCUT2D eigenvalue weighted by atomic mass is 32.1. The molecule has 1 aliphatic heterocycles. The van der Waals surface area contributed by atoms with Gasteiger partial charge in [-0.1, -0.05) is 6.07 Å². The molecule has 36 heavy (non-hydrogen) atoms. The summed E-state index contributed by atoms with van der Waals surface area (Å²) in [6, 6.07) is 14.0. The van der Waals surface area contributed by atoms with Crippen LogP contribution in [0.3, 0.4) is 0 Å². The summed E-state index contributed by atoms with van der Waals surface area (Å²) < 4.78 is 13.7. The first kappa shape index (κ1) is 21.4. The van der Waals surface area contributed by atoms with Crippen LogP contribution in [-0.4, -0.2) is 43.1 Å². The molecule has 1 aromatic carbocycles. The van der Waals surface area contributed by atoms with Crippen molar-refractivity contribution in [3.63, 3.8) is 0 Å². The van der Waals surface area contributed by atoms with Crippen molar-refractivity contribution in [2.45, 2.75) is 19.4 Å². The third-order valence-corrected chi connectivity index (χ3v) is 7.84. The first-order valence-corrected chi connectivity index (χ1v) is 12.9. The average molecular weight is 495 g/mol. The summed E-state index contributed by atoms with van der Waals surface area (Å²) in [5, 5.41) is 9.61. The number of hydrogen-bond donors (Lipinski definition) is 2. The Morgan fingerprint density at radius 1 is 0.861 bits per heavy atom. The van der Waals surface area contributed by atoms with Crippen LogP contribution >= 0.6 is 11.3 Å². The second-order valence-corrected chi connectivity index (χ2v) is 10.4. The molecule has 0 unspecified atom stereocenters. The number of benzene rings is 1. The van der Waals surface area contributed by atoms with E-state index >= 15 is 0 Å². The van der Waals surface area contributed by atoms with Crippen LogP contribution in [0.1, 0.15) is 18.4 Å². The normalized spacial score (nSPS) is 14.4. The summed E-state index contributed by atoms with van der Waals surface area (Å²) in [6.07, 6.45) is 10.0. The maximum atomic E-state index is 13.7. The second-order valence-electron chi connectivity index (χ2n) is 9.33. The molecule has 8 heteroatoms. The Bertz CT molecular complexity index is 1710. The number of hydrogen-bond acceptors (Lipinski definition) is 5. The molecule has 0 saturated carbocycles. The number of pyridine rings is 2. The molecule has 1 aliphatic rings. The van der Waals surface area contributed by atoms with Gasteiger partial charge in [-0.3, -0.25) is 20.0 Å². The minimum Gasteiger partial charge on any atom is -0.352 e. The van der Waals surface area contributed by atoms with Crippen molar-refractivity contribution < 1.29 is 4.39 Å². The molecule has 6 heterocycles. The van der Waals surface area contributed by atoms with E-state index in [4.69, 9.17) is 0 Å². The molecular formula is C28H23FN6S. The second kappa shape index (κ2) is 8.65. The fraction of sp³-hybridized carbons (Fsp3) is 0.179. The van der Waals surface area contributed by atoms with Crippen LogP contribution in [0, 0.1) is 5.13 Å². The SMILES string of the molecule is Fc1ccc(-c2cncc3[nH]c(-c4n[nH]c5ccc(-c6cncc(CN7CCCC7)c6)cc45)cc23)s1. The van der Waals surface area contributed by atoms with Crippen LogP contribution in [-0.2, 0) is 6.54 Å². The summed E-state index contributed by atoms with van der Waals surface area (Å²) in [4.78, 5) is 15.7. The van der Waals surface area contributed by atoms with Gasteiger partial charge in [-0.15, -0.1) is 11.3 Å². The van der Waals surface area contributed by atoms with E-state index in [2.05, 4.69) is 60.4 Å². The molecule has 1 fully saturated rings. The molecule has 2 N–H and O–H groups in total. The standard InChI is InChI=1S/C28H23FN6S/c29-27-6-5-26(36-27)22-14-31-15-25-20(22)11-24(32-25)28-21-10-18(3-4-23(21)33-34-28)19-9-17(12-30-13-19)16-35-7-1-2-8-35/h3-6,9-15,32H,1-2,7-8,16H2,(H,33,34). The van der Waals surface area contributed by atoms with Crippen LogP contribution in [0.2, 0.25) is 0 Å². The summed E-state index contributed by atoms with van der Waals surface area (Å²) in [6.45, 7) is 3.27. The van der Waals surface area contributed by atoms with Crippen LogP contribution in [0.5, 0.6) is 0 Å². The van der Waals surface area contributed by atoms with Crippen LogP contribution in [0.15, 0.2) is 67.3 Å². The van der Waals surface area contributed by atoms with E-state index in [-0.39, 0.29) is 5.13 Å². The predicted octanol–water partition coefficient (Wildman–Crippen LogP) is 6.63. The summed E-state index contributed by atoms with van der Waals surface area (Å²) >= 11 is 1.12. The van der Waals surface area contributed by atoms with Gasteiger partial charge in [0.15, 0.2) is 5.13 Å². The smallest absolute Gasteiger partial charge is 0.176 e. The van der Waals surface area contributed by atoms with Gasteiger partial charge in [-0.25, -0.2) is 0 Å². The average Bonchev–Trinajstić information content (AvgIpc) is 3.70. The van der Waals surface area contributed by atoms with Crippen LogP contribution < -0.4 is 0 Å². The number of fused-ring (bicyclic) bond motifs is 2. The predicted molar refractivity (Wildman–Crippen MR) is 142 cm³/mol. The number of rotatable bonds is 5. The van der Waals surface area contributed by atoms with Gasteiger partial charge in [0, 0.05) is 51.9 Å².